The Balaban J connectivity index is 2.15. The Morgan fingerprint density at radius 2 is 2.31 bits per heavy atom. The molecule has 16 heavy (non-hydrogen) atoms. The number of aryl methyl sites for hydroxylation is 2. The summed E-state index contributed by atoms with van der Waals surface area (Å²) in [5.41, 5.74) is 1.25. The third-order valence-corrected chi connectivity index (χ3v) is 4.88. The fourth-order valence-corrected chi connectivity index (χ4v) is 4.23. The first-order valence-corrected chi connectivity index (χ1v) is 7.12. The van der Waals surface area contributed by atoms with Crippen LogP contribution in [0.5, 0.6) is 0 Å². The molecule has 0 amide bonds. The predicted octanol–water partition coefficient (Wildman–Crippen LogP) is 2.54. The minimum absolute atomic E-state index is 0.139. The smallest absolute Gasteiger partial charge is 0.320 e. The molecule has 0 saturated carbocycles. The first kappa shape index (κ1) is 12.0. The van der Waals surface area contributed by atoms with Crippen LogP contribution in [0.25, 0.3) is 0 Å². The average Bonchev–Trinajstić information content (AvgIpc) is 2.58. The van der Waals surface area contributed by atoms with E-state index in [4.69, 9.17) is 5.11 Å². The predicted molar refractivity (Wildman–Crippen MR) is 68.2 cm³/mol. The average molecular weight is 257 g/mol. The van der Waals surface area contributed by atoms with Gasteiger partial charge >= 0.3 is 5.97 Å². The number of thiophene rings is 1. The second-order valence-corrected chi connectivity index (χ2v) is 6.64. The Bertz CT molecular complexity index is 403. The molecule has 1 saturated heterocycles. The van der Waals surface area contributed by atoms with E-state index in [1.807, 2.05) is 0 Å². The number of nitrogens with one attached hydrogen (secondary N) is 1. The van der Waals surface area contributed by atoms with Crippen LogP contribution < -0.4 is 5.32 Å². The Labute approximate surface area is 103 Å². The van der Waals surface area contributed by atoms with E-state index in [9.17, 15) is 4.79 Å². The SMILES string of the molecule is Cc1cc(C2NC(C(=O)O)CCS2)c(C)s1. The number of carboxylic acid groups (broad SMARTS) is 1. The number of aliphatic carboxylic acids is 1. The topological polar surface area (TPSA) is 49.3 Å². The highest BCUT2D eigenvalue weighted by Gasteiger charge is 2.28. The van der Waals surface area contributed by atoms with Crippen molar-refractivity contribution in [3.05, 3.63) is 21.4 Å². The molecule has 2 heterocycles. The molecule has 1 fully saturated rings. The number of hydrogen-bond donors (Lipinski definition) is 2. The van der Waals surface area contributed by atoms with Crippen LogP contribution in [0.1, 0.15) is 27.1 Å². The normalized spacial score (nSPS) is 25.6. The van der Waals surface area contributed by atoms with Crippen molar-refractivity contribution >= 4 is 29.1 Å². The second kappa shape index (κ2) is 4.77. The summed E-state index contributed by atoms with van der Waals surface area (Å²) in [5, 5.41) is 12.3. The fourth-order valence-electron chi connectivity index (χ4n) is 1.90. The third kappa shape index (κ3) is 2.42. The van der Waals surface area contributed by atoms with Crippen molar-refractivity contribution in [2.24, 2.45) is 0 Å². The molecule has 0 bridgehead atoms. The zero-order valence-electron chi connectivity index (χ0n) is 9.32. The summed E-state index contributed by atoms with van der Waals surface area (Å²) < 4.78 is 0. The molecule has 0 aliphatic carbocycles. The van der Waals surface area contributed by atoms with E-state index in [0.717, 1.165) is 5.75 Å². The van der Waals surface area contributed by atoms with Gasteiger partial charge in [-0.3, -0.25) is 10.1 Å². The first-order chi connectivity index (χ1) is 7.58. The van der Waals surface area contributed by atoms with Crippen molar-refractivity contribution < 1.29 is 9.90 Å². The van der Waals surface area contributed by atoms with Gasteiger partial charge in [0, 0.05) is 9.75 Å². The van der Waals surface area contributed by atoms with Gasteiger partial charge in [0.1, 0.15) is 6.04 Å². The maximum atomic E-state index is 11.0. The van der Waals surface area contributed by atoms with Crippen molar-refractivity contribution in [1.82, 2.24) is 5.32 Å². The van der Waals surface area contributed by atoms with E-state index in [-0.39, 0.29) is 5.37 Å². The molecule has 88 valence electrons. The van der Waals surface area contributed by atoms with Gasteiger partial charge in [-0.2, -0.15) is 0 Å². The summed E-state index contributed by atoms with van der Waals surface area (Å²) in [6.07, 6.45) is 0.707. The fraction of sp³-hybridized carbons (Fsp3) is 0.545. The van der Waals surface area contributed by atoms with E-state index in [2.05, 4.69) is 25.2 Å². The highest BCUT2D eigenvalue weighted by atomic mass is 32.2. The zero-order chi connectivity index (χ0) is 11.7. The van der Waals surface area contributed by atoms with Crippen LogP contribution in [0.15, 0.2) is 6.07 Å². The summed E-state index contributed by atoms with van der Waals surface area (Å²) in [5.74, 6) is 0.165. The largest absolute Gasteiger partial charge is 0.480 e. The number of carboxylic acids is 1. The molecule has 5 heteroatoms. The molecule has 2 unspecified atom stereocenters. The molecule has 1 aliphatic heterocycles. The van der Waals surface area contributed by atoms with Crippen LogP contribution in [0.4, 0.5) is 0 Å². The van der Waals surface area contributed by atoms with Crippen molar-refractivity contribution in [2.45, 2.75) is 31.7 Å². The van der Waals surface area contributed by atoms with Gasteiger partial charge in [0.05, 0.1) is 5.37 Å². The molecule has 1 aliphatic rings. The lowest BCUT2D eigenvalue weighted by Gasteiger charge is -2.28. The van der Waals surface area contributed by atoms with Crippen molar-refractivity contribution in [3.8, 4) is 0 Å². The summed E-state index contributed by atoms with van der Waals surface area (Å²) in [7, 11) is 0. The van der Waals surface area contributed by atoms with Crippen molar-refractivity contribution in [2.75, 3.05) is 5.75 Å². The van der Waals surface area contributed by atoms with Gasteiger partial charge in [-0.05, 0) is 37.7 Å². The number of thioether (sulfide) groups is 1. The molecular formula is C11H15NO2S2. The highest BCUT2D eigenvalue weighted by molar-refractivity contribution is 7.99. The summed E-state index contributed by atoms with van der Waals surface area (Å²) in [4.78, 5) is 13.5. The molecule has 0 spiro atoms. The van der Waals surface area contributed by atoms with E-state index >= 15 is 0 Å². The maximum Gasteiger partial charge on any atom is 0.320 e. The van der Waals surface area contributed by atoms with Crippen LogP contribution >= 0.6 is 23.1 Å². The van der Waals surface area contributed by atoms with E-state index in [0.29, 0.717) is 6.42 Å². The van der Waals surface area contributed by atoms with Gasteiger partial charge in [0.15, 0.2) is 0 Å². The van der Waals surface area contributed by atoms with Crippen molar-refractivity contribution in [3.63, 3.8) is 0 Å². The van der Waals surface area contributed by atoms with Gasteiger partial charge in [-0.25, -0.2) is 0 Å². The molecule has 2 N–H and O–H groups in total. The zero-order valence-corrected chi connectivity index (χ0v) is 11.0. The molecule has 1 aromatic rings. The third-order valence-electron chi connectivity index (χ3n) is 2.70. The molecule has 2 atom stereocenters. The minimum atomic E-state index is -0.741. The minimum Gasteiger partial charge on any atom is -0.480 e. The number of rotatable bonds is 2. The molecular weight excluding hydrogens is 242 g/mol. The maximum absolute atomic E-state index is 11.0. The van der Waals surface area contributed by atoms with Gasteiger partial charge in [0.25, 0.3) is 0 Å². The molecule has 3 nitrogen and oxygen atoms in total. The highest BCUT2D eigenvalue weighted by Crippen LogP contribution is 2.36. The standard InChI is InChI=1S/C11H15NO2S2/c1-6-5-8(7(2)16-6)10-12-9(11(13)14)3-4-15-10/h5,9-10,12H,3-4H2,1-2H3,(H,13,14). The van der Waals surface area contributed by atoms with Gasteiger partial charge in [0.2, 0.25) is 0 Å². The number of hydrogen-bond acceptors (Lipinski definition) is 4. The van der Waals surface area contributed by atoms with Crippen LogP contribution in [-0.2, 0) is 4.79 Å². The first-order valence-electron chi connectivity index (χ1n) is 5.25. The lowest BCUT2D eigenvalue weighted by Crippen LogP contribution is -2.41. The number of carbonyl (C=O) groups is 1. The van der Waals surface area contributed by atoms with Gasteiger partial charge in [-0.15, -0.1) is 23.1 Å². The van der Waals surface area contributed by atoms with Crippen LogP contribution in [0.2, 0.25) is 0 Å². The quantitative estimate of drug-likeness (QED) is 0.855. The molecule has 1 aromatic heterocycles. The van der Waals surface area contributed by atoms with E-state index in [1.165, 1.54) is 15.3 Å². The summed E-state index contributed by atoms with van der Waals surface area (Å²) >= 11 is 3.57. The lowest BCUT2D eigenvalue weighted by molar-refractivity contribution is -0.139. The Morgan fingerprint density at radius 3 is 2.88 bits per heavy atom. The molecule has 0 radical (unpaired) electrons. The van der Waals surface area contributed by atoms with Crippen molar-refractivity contribution in [1.29, 1.82) is 0 Å². The summed E-state index contributed by atoms with van der Waals surface area (Å²) in [6.45, 7) is 4.18. The Morgan fingerprint density at radius 1 is 1.56 bits per heavy atom. The van der Waals surface area contributed by atoms with E-state index < -0.39 is 12.0 Å². The van der Waals surface area contributed by atoms with Crippen LogP contribution in [-0.4, -0.2) is 22.9 Å². The lowest BCUT2D eigenvalue weighted by atomic mass is 10.2. The Hall–Kier alpha value is -0.520. The van der Waals surface area contributed by atoms with Gasteiger partial charge < -0.3 is 5.11 Å². The molecule has 2 rings (SSSR count). The monoisotopic (exact) mass is 257 g/mol. The van der Waals surface area contributed by atoms with Crippen LogP contribution in [0.3, 0.4) is 0 Å². The Kier molecular flexibility index (Phi) is 3.56. The summed E-state index contributed by atoms with van der Waals surface area (Å²) in [6, 6.07) is 1.76. The van der Waals surface area contributed by atoms with Crippen LogP contribution in [0, 0.1) is 13.8 Å². The molecule has 0 aromatic carbocycles. The van der Waals surface area contributed by atoms with E-state index in [1.54, 1.807) is 23.1 Å². The second-order valence-electron chi connectivity index (χ2n) is 3.97. The van der Waals surface area contributed by atoms with Gasteiger partial charge in [-0.1, -0.05) is 0 Å².